The lowest BCUT2D eigenvalue weighted by Gasteiger charge is -2.13. The van der Waals surface area contributed by atoms with Gasteiger partial charge in [0.15, 0.2) is 6.33 Å². The zero-order valence-corrected chi connectivity index (χ0v) is 13.0. The molecule has 0 aliphatic carbocycles. The lowest BCUT2D eigenvalue weighted by atomic mass is 9.96. The monoisotopic (exact) mass is 297 g/mol. The Kier molecular flexibility index (Phi) is 3.98. The fourth-order valence-electron chi connectivity index (χ4n) is 2.68. The molecule has 21 heavy (non-hydrogen) atoms. The van der Waals surface area contributed by atoms with Gasteiger partial charge in [0.25, 0.3) is 0 Å². The Hall–Kier alpha value is -1.80. The Morgan fingerprint density at radius 2 is 2.00 bits per heavy atom. The van der Waals surface area contributed by atoms with Crippen molar-refractivity contribution in [3.05, 3.63) is 64.4 Å². The van der Waals surface area contributed by atoms with Crippen molar-refractivity contribution >= 4 is 22.6 Å². The van der Waals surface area contributed by atoms with Crippen LogP contribution in [-0.2, 0) is 12.8 Å². The largest absolute Gasteiger partial charge is 0.335 e. The molecule has 1 heterocycles. The molecule has 0 saturated heterocycles. The van der Waals surface area contributed by atoms with Crippen molar-refractivity contribution in [3.63, 3.8) is 0 Å². The topological polar surface area (TPSA) is 28.7 Å². The fraction of sp³-hybridized carbons (Fsp3) is 0.278. The van der Waals surface area contributed by atoms with Crippen LogP contribution >= 0.6 is 11.6 Å². The zero-order valence-electron chi connectivity index (χ0n) is 12.3. The van der Waals surface area contributed by atoms with Crippen molar-refractivity contribution in [3.8, 4) is 0 Å². The van der Waals surface area contributed by atoms with Crippen LogP contribution in [0.25, 0.3) is 11.0 Å². The maximum atomic E-state index is 6.67. The Morgan fingerprint density at radius 3 is 2.71 bits per heavy atom. The average molecular weight is 298 g/mol. The maximum Gasteiger partial charge on any atom is 0.174 e. The number of imidazole rings is 1. The minimum atomic E-state index is 0.566. The summed E-state index contributed by atoms with van der Waals surface area (Å²) in [6.07, 6.45) is 4.60. The van der Waals surface area contributed by atoms with Crippen LogP contribution in [0.5, 0.6) is 0 Å². The van der Waals surface area contributed by atoms with E-state index in [1.807, 2.05) is 6.07 Å². The molecule has 1 aromatic heterocycles. The third-order valence-electron chi connectivity index (χ3n) is 3.62. The van der Waals surface area contributed by atoms with E-state index in [4.69, 9.17) is 11.6 Å². The first kappa shape index (κ1) is 14.2. The molecule has 1 radical (unpaired) electrons. The molecule has 0 saturated carbocycles. The number of rotatable bonds is 4. The van der Waals surface area contributed by atoms with E-state index in [-0.39, 0.29) is 0 Å². The summed E-state index contributed by atoms with van der Waals surface area (Å²) in [7, 11) is 0. The Morgan fingerprint density at radius 1 is 1.24 bits per heavy atom. The van der Waals surface area contributed by atoms with E-state index in [9.17, 15) is 0 Å². The first-order chi connectivity index (χ1) is 10.1. The number of benzene rings is 2. The van der Waals surface area contributed by atoms with Gasteiger partial charge in [0.2, 0.25) is 0 Å². The average Bonchev–Trinajstić information content (AvgIpc) is 2.92. The molecule has 0 aliphatic rings. The molecule has 3 rings (SSSR count). The molecule has 2 aromatic carbocycles. The summed E-state index contributed by atoms with van der Waals surface area (Å²) >= 11 is 6.67. The molecule has 0 bridgehead atoms. The van der Waals surface area contributed by atoms with Crippen molar-refractivity contribution in [2.45, 2.75) is 26.7 Å². The van der Waals surface area contributed by atoms with Gasteiger partial charge >= 0.3 is 0 Å². The predicted molar refractivity (Wildman–Crippen MR) is 87.7 cm³/mol. The smallest absolute Gasteiger partial charge is 0.174 e. The number of H-pyrrole nitrogens is 1. The second-order valence-corrected chi connectivity index (χ2v) is 6.21. The molecule has 107 valence electrons. The first-order valence-electron chi connectivity index (χ1n) is 7.25. The van der Waals surface area contributed by atoms with Crippen LogP contribution in [0.3, 0.4) is 0 Å². The molecule has 3 heteroatoms. The van der Waals surface area contributed by atoms with Crippen LogP contribution in [0.2, 0.25) is 5.02 Å². The highest BCUT2D eigenvalue weighted by atomic mass is 35.5. The van der Waals surface area contributed by atoms with E-state index in [2.05, 4.69) is 60.5 Å². The van der Waals surface area contributed by atoms with E-state index in [1.165, 1.54) is 11.1 Å². The highest BCUT2D eigenvalue weighted by molar-refractivity contribution is 6.33. The third kappa shape index (κ3) is 2.96. The van der Waals surface area contributed by atoms with Crippen LogP contribution in [0.4, 0.5) is 0 Å². The Bertz CT molecular complexity index is 745. The quantitative estimate of drug-likeness (QED) is 0.736. The number of aromatic amines is 1. The van der Waals surface area contributed by atoms with Crippen molar-refractivity contribution in [2.75, 3.05) is 0 Å². The summed E-state index contributed by atoms with van der Waals surface area (Å²) < 4.78 is 0. The summed E-state index contributed by atoms with van der Waals surface area (Å²) in [5.41, 5.74) is 5.46. The number of hydrogen-bond donors (Lipinski definition) is 1. The van der Waals surface area contributed by atoms with E-state index in [0.29, 0.717) is 5.92 Å². The van der Waals surface area contributed by atoms with Crippen molar-refractivity contribution in [1.29, 1.82) is 0 Å². The van der Waals surface area contributed by atoms with Crippen molar-refractivity contribution in [1.82, 2.24) is 9.97 Å². The molecule has 1 N–H and O–H groups in total. The maximum absolute atomic E-state index is 6.67. The molecule has 2 nitrogen and oxygen atoms in total. The van der Waals surface area contributed by atoms with Crippen LogP contribution in [-0.4, -0.2) is 9.97 Å². The summed E-state index contributed by atoms with van der Waals surface area (Å²) in [4.78, 5) is 7.42. The number of halogens is 1. The molecule has 3 aromatic rings. The second kappa shape index (κ2) is 5.90. The van der Waals surface area contributed by atoms with E-state index in [1.54, 1.807) is 0 Å². The van der Waals surface area contributed by atoms with Gasteiger partial charge in [-0.1, -0.05) is 55.8 Å². The van der Waals surface area contributed by atoms with Crippen LogP contribution in [0, 0.1) is 12.2 Å². The van der Waals surface area contributed by atoms with E-state index < -0.39 is 0 Å². The van der Waals surface area contributed by atoms with E-state index >= 15 is 0 Å². The lowest BCUT2D eigenvalue weighted by molar-refractivity contribution is 0.647. The summed E-state index contributed by atoms with van der Waals surface area (Å²) in [5, 5.41) is 0.848. The highest BCUT2D eigenvalue weighted by Gasteiger charge is 2.15. The van der Waals surface area contributed by atoms with Crippen LogP contribution in [0.15, 0.2) is 36.4 Å². The summed E-state index contributed by atoms with van der Waals surface area (Å²) in [6, 6.07) is 12.5. The summed E-state index contributed by atoms with van der Waals surface area (Å²) in [5.74, 6) is 0.566. The number of nitrogens with one attached hydrogen (secondary N) is 1. The van der Waals surface area contributed by atoms with Gasteiger partial charge in [-0.3, -0.25) is 0 Å². The Labute approximate surface area is 130 Å². The van der Waals surface area contributed by atoms with Crippen molar-refractivity contribution < 1.29 is 0 Å². The zero-order chi connectivity index (χ0) is 14.8. The van der Waals surface area contributed by atoms with Gasteiger partial charge in [0.1, 0.15) is 0 Å². The molecule has 0 amide bonds. The minimum Gasteiger partial charge on any atom is -0.335 e. The molecule has 0 fully saturated rings. The predicted octanol–water partition coefficient (Wildman–Crippen LogP) is 4.81. The Balaban J connectivity index is 2.10. The number of nitrogens with zero attached hydrogens (tertiary/aromatic N) is 1. The van der Waals surface area contributed by atoms with Gasteiger partial charge in [-0.05, 0) is 29.5 Å². The SMILES string of the molecule is CC(C)Cc1cc2[nH][c]nc2c(Cc2ccccc2)c1Cl. The second-order valence-electron chi connectivity index (χ2n) is 5.83. The van der Waals surface area contributed by atoms with Gasteiger partial charge < -0.3 is 4.98 Å². The molecule has 0 atom stereocenters. The van der Waals surface area contributed by atoms with Gasteiger partial charge in [-0.15, -0.1) is 0 Å². The number of hydrogen-bond acceptors (Lipinski definition) is 1. The molecule has 0 spiro atoms. The van der Waals surface area contributed by atoms with Gasteiger partial charge in [-0.25, -0.2) is 4.98 Å². The van der Waals surface area contributed by atoms with Gasteiger partial charge in [0.05, 0.1) is 11.0 Å². The van der Waals surface area contributed by atoms with Crippen molar-refractivity contribution in [2.24, 2.45) is 5.92 Å². The van der Waals surface area contributed by atoms with E-state index in [0.717, 1.165) is 34.5 Å². The fourth-order valence-corrected chi connectivity index (χ4v) is 2.97. The number of aromatic nitrogens is 2. The normalized spacial score (nSPS) is 11.4. The van der Waals surface area contributed by atoms with Crippen LogP contribution in [0.1, 0.15) is 30.5 Å². The van der Waals surface area contributed by atoms with Gasteiger partial charge in [0, 0.05) is 17.0 Å². The lowest BCUT2D eigenvalue weighted by Crippen LogP contribution is -2.00. The molecule has 0 aliphatic heterocycles. The highest BCUT2D eigenvalue weighted by Crippen LogP contribution is 2.31. The third-order valence-corrected chi connectivity index (χ3v) is 4.09. The summed E-state index contributed by atoms with van der Waals surface area (Å²) in [6.45, 7) is 4.41. The standard InChI is InChI=1S/C18H18ClN2/c1-12(2)8-14-10-16-18(21-11-20-16)15(17(14)19)9-13-6-4-3-5-7-13/h3-7,10,12H,8-9H2,1-2H3,(H,20,21). The first-order valence-corrected chi connectivity index (χ1v) is 7.63. The molecular formula is C18H18ClN2. The molecular weight excluding hydrogens is 280 g/mol. The minimum absolute atomic E-state index is 0.566. The van der Waals surface area contributed by atoms with Crippen LogP contribution < -0.4 is 0 Å². The van der Waals surface area contributed by atoms with Gasteiger partial charge in [-0.2, -0.15) is 0 Å². The molecule has 0 unspecified atom stereocenters. The number of fused-ring (bicyclic) bond motifs is 1.